The van der Waals surface area contributed by atoms with Gasteiger partial charge in [0.25, 0.3) is 11.8 Å². The van der Waals surface area contributed by atoms with E-state index in [9.17, 15) is 9.59 Å². The van der Waals surface area contributed by atoms with Gasteiger partial charge in [0.2, 0.25) is 0 Å². The van der Waals surface area contributed by atoms with Crippen LogP contribution in [0.3, 0.4) is 0 Å². The molecule has 0 bridgehead atoms. The highest BCUT2D eigenvalue weighted by atomic mass is 16.3. The van der Waals surface area contributed by atoms with Crippen molar-refractivity contribution in [1.82, 2.24) is 0 Å². The summed E-state index contributed by atoms with van der Waals surface area (Å²) < 4.78 is 0. The minimum absolute atomic E-state index is 0.214. The molecule has 5 nitrogen and oxygen atoms in total. The van der Waals surface area contributed by atoms with Crippen LogP contribution in [0.1, 0.15) is 17.3 Å². The van der Waals surface area contributed by atoms with Crippen molar-refractivity contribution in [3.63, 3.8) is 0 Å². The summed E-state index contributed by atoms with van der Waals surface area (Å²) in [6.45, 7) is 1.34. The van der Waals surface area contributed by atoms with Gasteiger partial charge in [0.1, 0.15) is 6.10 Å². The van der Waals surface area contributed by atoms with Crippen molar-refractivity contribution in [2.75, 3.05) is 5.32 Å². The van der Waals surface area contributed by atoms with Crippen molar-refractivity contribution in [2.45, 2.75) is 13.0 Å². The highest BCUT2D eigenvalue weighted by molar-refractivity contribution is 6.03. The summed E-state index contributed by atoms with van der Waals surface area (Å²) in [5.74, 6) is -1.21. The van der Waals surface area contributed by atoms with Crippen molar-refractivity contribution in [2.24, 2.45) is 5.73 Å². The van der Waals surface area contributed by atoms with Crippen LogP contribution in [-0.4, -0.2) is 23.0 Å². The van der Waals surface area contributed by atoms with Crippen LogP contribution in [0, 0.1) is 0 Å². The molecular weight excluding hydrogens is 196 g/mol. The fourth-order valence-corrected chi connectivity index (χ4v) is 1.04. The summed E-state index contributed by atoms with van der Waals surface area (Å²) in [5.41, 5.74) is 5.63. The SMILES string of the molecule is C[C@H](O)C(=O)Nc1ccccc1C(N)=O. The van der Waals surface area contributed by atoms with E-state index < -0.39 is 17.9 Å². The third kappa shape index (κ3) is 2.78. The number of para-hydroxylation sites is 1. The first-order valence-electron chi connectivity index (χ1n) is 4.40. The van der Waals surface area contributed by atoms with Crippen molar-refractivity contribution in [3.8, 4) is 0 Å². The fourth-order valence-electron chi connectivity index (χ4n) is 1.04. The van der Waals surface area contributed by atoms with Gasteiger partial charge in [0.15, 0.2) is 0 Å². The standard InChI is InChI=1S/C10H12N2O3/c1-6(13)10(15)12-8-5-3-2-4-7(8)9(11)14/h2-6,13H,1H3,(H2,11,14)(H,12,15)/t6-/m0/s1. The Morgan fingerprint density at radius 1 is 1.40 bits per heavy atom. The average molecular weight is 208 g/mol. The highest BCUT2D eigenvalue weighted by Crippen LogP contribution is 2.14. The number of carbonyl (C=O) groups excluding carboxylic acids is 2. The number of hydrogen-bond acceptors (Lipinski definition) is 3. The Morgan fingerprint density at radius 2 is 2.00 bits per heavy atom. The lowest BCUT2D eigenvalue weighted by Crippen LogP contribution is -2.26. The predicted molar refractivity (Wildman–Crippen MR) is 55.3 cm³/mol. The summed E-state index contributed by atoms with van der Waals surface area (Å²) in [5, 5.41) is 11.4. The molecule has 1 rings (SSSR count). The number of rotatable bonds is 3. The second-order valence-electron chi connectivity index (χ2n) is 3.08. The van der Waals surface area contributed by atoms with Gasteiger partial charge in [-0.1, -0.05) is 12.1 Å². The molecule has 0 unspecified atom stereocenters. The number of anilines is 1. The smallest absolute Gasteiger partial charge is 0.252 e. The van der Waals surface area contributed by atoms with Crippen molar-refractivity contribution in [1.29, 1.82) is 0 Å². The van der Waals surface area contributed by atoms with Crippen molar-refractivity contribution in [3.05, 3.63) is 29.8 Å². The number of hydrogen-bond donors (Lipinski definition) is 3. The van der Waals surface area contributed by atoms with Crippen LogP contribution in [0.4, 0.5) is 5.69 Å². The summed E-state index contributed by atoms with van der Waals surface area (Å²) in [4.78, 5) is 22.2. The lowest BCUT2D eigenvalue weighted by Gasteiger charge is -2.09. The maximum Gasteiger partial charge on any atom is 0.252 e. The second kappa shape index (κ2) is 4.56. The van der Waals surface area contributed by atoms with Crippen LogP contribution in [0.2, 0.25) is 0 Å². The van der Waals surface area contributed by atoms with Crippen LogP contribution in [0.15, 0.2) is 24.3 Å². The molecule has 0 aliphatic rings. The molecule has 0 radical (unpaired) electrons. The molecule has 80 valence electrons. The lowest BCUT2D eigenvalue weighted by atomic mass is 10.1. The van der Waals surface area contributed by atoms with Gasteiger partial charge in [0, 0.05) is 0 Å². The molecule has 5 heteroatoms. The summed E-state index contributed by atoms with van der Waals surface area (Å²) in [6.07, 6.45) is -1.13. The van der Waals surface area contributed by atoms with E-state index in [1.54, 1.807) is 18.2 Å². The summed E-state index contributed by atoms with van der Waals surface area (Å²) in [7, 11) is 0. The van der Waals surface area contributed by atoms with E-state index in [-0.39, 0.29) is 5.56 Å². The maximum absolute atomic E-state index is 11.2. The second-order valence-corrected chi connectivity index (χ2v) is 3.08. The number of nitrogens with two attached hydrogens (primary N) is 1. The molecule has 15 heavy (non-hydrogen) atoms. The molecule has 1 aromatic rings. The zero-order chi connectivity index (χ0) is 11.4. The monoisotopic (exact) mass is 208 g/mol. The van der Waals surface area contributed by atoms with E-state index in [4.69, 9.17) is 10.8 Å². The molecule has 0 aliphatic carbocycles. The molecular formula is C10H12N2O3. The zero-order valence-electron chi connectivity index (χ0n) is 8.23. The number of benzene rings is 1. The number of amides is 2. The number of primary amides is 1. The molecule has 1 atom stereocenters. The Kier molecular flexibility index (Phi) is 3.41. The van der Waals surface area contributed by atoms with E-state index in [2.05, 4.69) is 5.32 Å². The Hall–Kier alpha value is -1.88. The molecule has 0 fully saturated rings. The third-order valence-electron chi connectivity index (χ3n) is 1.83. The number of aliphatic hydroxyl groups is 1. The van der Waals surface area contributed by atoms with Gasteiger partial charge in [-0.25, -0.2) is 0 Å². The molecule has 1 aromatic carbocycles. The molecule has 0 aliphatic heterocycles. The van der Waals surface area contributed by atoms with Crippen LogP contribution in [-0.2, 0) is 4.79 Å². The Morgan fingerprint density at radius 3 is 2.53 bits per heavy atom. The third-order valence-corrected chi connectivity index (χ3v) is 1.83. The molecule has 0 aromatic heterocycles. The summed E-state index contributed by atoms with van der Waals surface area (Å²) in [6, 6.07) is 6.34. The van der Waals surface area contributed by atoms with Crippen molar-refractivity contribution < 1.29 is 14.7 Å². The van der Waals surface area contributed by atoms with Gasteiger partial charge in [0.05, 0.1) is 11.3 Å². The molecule has 0 spiro atoms. The molecule has 0 saturated carbocycles. The van der Waals surface area contributed by atoms with Gasteiger partial charge < -0.3 is 16.2 Å². The van der Waals surface area contributed by atoms with Gasteiger partial charge in [-0.05, 0) is 19.1 Å². The maximum atomic E-state index is 11.2. The highest BCUT2D eigenvalue weighted by Gasteiger charge is 2.13. The van der Waals surface area contributed by atoms with E-state index in [1.165, 1.54) is 13.0 Å². The van der Waals surface area contributed by atoms with Gasteiger partial charge in [-0.2, -0.15) is 0 Å². The van der Waals surface area contributed by atoms with E-state index in [0.717, 1.165) is 0 Å². The quantitative estimate of drug-likeness (QED) is 0.658. The molecule has 2 amide bonds. The number of nitrogens with one attached hydrogen (secondary N) is 1. The minimum atomic E-state index is -1.13. The first-order valence-corrected chi connectivity index (χ1v) is 4.40. The van der Waals surface area contributed by atoms with Crippen molar-refractivity contribution >= 4 is 17.5 Å². The molecule has 4 N–H and O–H groups in total. The van der Waals surface area contributed by atoms with E-state index in [0.29, 0.717) is 5.69 Å². The van der Waals surface area contributed by atoms with Crippen LogP contribution in [0.5, 0.6) is 0 Å². The average Bonchev–Trinajstić information content (AvgIpc) is 2.18. The van der Waals surface area contributed by atoms with Crippen LogP contribution >= 0.6 is 0 Å². The van der Waals surface area contributed by atoms with Crippen LogP contribution < -0.4 is 11.1 Å². The lowest BCUT2D eigenvalue weighted by molar-refractivity contribution is -0.123. The minimum Gasteiger partial charge on any atom is -0.384 e. The Balaban J connectivity index is 2.94. The topological polar surface area (TPSA) is 92.4 Å². The Bertz CT molecular complexity index is 388. The zero-order valence-corrected chi connectivity index (χ0v) is 8.23. The van der Waals surface area contributed by atoms with Crippen LogP contribution in [0.25, 0.3) is 0 Å². The number of aliphatic hydroxyl groups excluding tert-OH is 1. The van der Waals surface area contributed by atoms with E-state index in [1.807, 2.05) is 0 Å². The Labute approximate surface area is 86.9 Å². The normalized spacial score (nSPS) is 11.9. The molecule has 0 saturated heterocycles. The first kappa shape index (κ1) is 11.2. The molecule has 0 heterocycles. The fraction of sp³-hybridized carbons (Fsp3) is 0.200. The van der Waals surface area contributed by atoms with Gasteiger partial charge >= 0.3 is 0 Å². The predicted octanol–water partition coefficient (Wildman–Crippen LogP) is 0.105. The van der Waals surface area contributed by atoms with Gasteiger partial charge in [-0.3, -0.25) is 9.59 Å². The van der Waals surface area contributed by atoms with Gasteiger partial charge in [-0.15, -0.1) is 0 Å². The number of carbonyl (C=O) groups is 2. The largest absolute Gasteiger partial charge is 0.384 e. The first-order chi connectivity index (χ1) is 7.02. The van der Waals surface area contributed by atoms with E-state index >= 15 is 0 Å². The summed E-state index contributed by atoms with van der Waals surface area (Å²) >= 11 is 0.